The van der Waals surface area contributed by atoms with Crippen molar-refractivity contribution in [1.29, 1.82) is 0 Å². The maximum Gasteiger partial charge on any atom is 0.352 e. The van der Waals surface area contributed by atoms with E-state index in [1.165, 1.54) is 34.1 Å². The quantitative estimate of drug-likeness (QED) is 0.240. The van der Waals surface area contributed by atoms with Crippen molar-refractivity contribution in [2.24, 2.45) is 5.73 Å². The number of aromatic amines is 1. The molecule has 2 aromatic rings. The van der Waals surface area contributed by atoms with E-state index in [2.05, 4.69) is 20.7 Å². The highest BCUT2D eigenvalue weighted by atomic mass is 32.2. The number of carboxylic acids is 1. The van der Waals surface area contributed by atoms with E-state index in [9.17, 15) is 29.4 Å². The highest BCUT2D eigenvalue weighted by Gasteiger charge is 2.54. The van der Waals surface area contributed by atoms with Crippen molar-refractivity contribution in [2.45, 2.75) is 22.9 Å². The van der Waals surface area contributed by atoms with E-state index in [0.717, 1.165) is 11.8 Å². The lowest BCUT2D eigenvalue weighted by atomic mass is 10.0. The molecule has 15 heteroatoms. The number of nitrogens with one attached hydrogen (secondary N) is 2. The fraction of sp³-hybridized carbons (Fsp3) is 0.294. The first-order valence-electron chi connectivity index (χ1n) is 9.06. The molecule has 4 rings (SSSR count). The molecule has 3 amide bonds. The number of hydrogen-bond donors (Lipinski definition) is 5. The number of nitrogens with zero attached hydrogens (tertiary/aromatic N) is 3. The third-order valence-corrected chi connectivity index (χ3v) is 8.07. The number of fused-ring (bicyclic) bond motifs is 1. The normalized spacial score (nSPS) is 20.0. The molecule has 2 atom stereocenters. The van der Waals surface area contributed by atoms with E-state index < -0.39 is 35.1 Å². The topological polar surface area (TPSA) is 192 Å². The van der Waals surface area contributed by atoms with Gasteiger partial charge in [0.15, 0.2) is 5.69 Å². The van der Waals surface area contributed by atoms with Crippen molar-refractivity contribution in [2.75, 3.05) is 11.5 Å². The molecule has 12 nitrogen and oxygen atoms in total. The molecular weight excluding hydrogens is 480 g/mol. The number of hydrogen-bond acceptors (Lipinski definition) is 10. The Balaban J connectivity index is 1.45. The van der Waals surface area contributed by atoms with Crippen LogP contribution in [-0.4, -0.2) is 77.1 Å². The molecule has 32 heavy (non-hydrogen) atoms. The summed E-state index contributed by atoms with van der Waals surface area (Å²) < 4.78 is 0. The van der Waals surface area contributed by atoms with Crippen molar-refractivity contribution in [1.82, 2.24) is 25.6 Å². The first kappa shape index (κ1) is 22.2. The molecule has 0 bridgehead atoms. The summed E-state index contributed by atoms with van der Waals surface area (Å²) in [5.74, 6) is -2.48. The molecule has 2 aromatic heterocycles. The van der Waals surface area contributed by atoms with Crippen LogP contribution in [0, 0.1) is 0 Å². The molecule has 0 saturated carbocycles. The minimum absolute atomic E-state index is 0.0175. The molecule has 168 valence electrons. The number of carbonyl (C=O) groups excluding carboxylic acids is 3. The number of thiophene rings is 1. The fourth-order valence-corrected chi connectivity index (χ4v) is 6.45. The molecule has 1 saturated heterocycles. The molecule has 0 aliphatic carbocycles. The first-order chi connectivity index (χ1) is 15.3. The maximum absolute atomic E-state index is 12.7. The lowest BCUT2D eigenvalue weighted by Crippen LogP contribution is -2.70. The lowest BCUT2D eigenvalue weighted by Gasteiger charge is -2.49. The van der Waals surface area contributed by atoms with E-state index in [4.69, 9.17) is 5.73 Å². The van der Waals surface area contributed by atoms with Crippen molar-refractivity contribution in [3.8, 4) is 5.75 Å². The van der Waals surface area contributed by atoms with E-state index in [1.807, 2.05) is 0 Å². The maximum atomic E-state index is 12.7. The summed E-state index contributed by atoms with van der Waals surface area (Å²) >= 11 is 3.66. The molecule has 2 aliphatic rings. The van der Waals surface area contributed by atoms with E-state index >= 15 is 0 Å². The van der Waals surface area contributed by atoms with Crippen LogP contribution in [0.5, 0.6) is 5.75 Å². The molecule has 1 fully saturated rings. The summed E-state index contributed by atoms with van der Waals surface area (Å²) in [6, 6.07) is 0.631. The van der Waals surface area contributed by atoms with Crippen molar-refractivity contribution >= 4 is 58.6 Å². The van der Waals surface area contributed by atoms with Gasteiger partial charge in [-0.25, -0.2) is 4.79 Å². The third kappa shape index (κ3) is 4.05. The number of carboxylic acid groups (broad SMARTS) is 1. The lowest BCUT2D eigenvalue weighted by molar-refractivity contribution is -0.150. The van der Waals surface area contributed by atoms with Crippen molar-refractivity contribution in [3.63, 3.8) is 0 Å². The predicted molar refractivity (Wildman–Crippen MR) is 115 cm³/mol. The summed E-state index contributed by atoms with van der Waals surface area (Å²) in [6.45, 7) is 0. The van der Waals surface area contributed by atoms with Crippen LogP contribution in [0.25, 0.3) is 0 Å². The number of nitrogens with two attached hydrogens (primary N) is 1. The van der Waals surface area contributed by atoms with Crippen LogP contribution < -0.4 is 11.1 Å². The number of H-pyrrole nitrogens is 1. The van der Waals surface area contributed by atoms with Gasteiger partial charge in [0, 0.05) is 11.5 Å². The van der Waals surface area contributed by atoms with Gasteiger partial charge in [0.05, 0.1) is 11.3 Å². The van der Waals surface area contributed by atoms with Gasteiger partial charge in [-0.2, -0.15) is 0 Å². The minimum Gasteiger partial charge on any atom is -0.507 e. The van der Waals surface area contributed by atoms with Gasteiger partial charge in [-0.3, -0.25) is 24.4 Å². The second-order valence-corrected chi connectivity index (χ2v) is 9.85. The summed E-state index contributed by atoms with van der Waals surface area (Å²) in [5, 5.41) is 33.1. The summed E-state index contributed by atoms with van der Waals surface area (Å²) in [6.07, 6.45) is -0.0748. The Morgan fingerprint density at radius 2 is 2.19 bits per heavy atom. The number of primary amides is 1. The monoisotopic (exact) mass is 496 g/mol. The van der Waals surface area contributed by atoms with E-state index in [0.29, 0.717) is 21.2 Å². The van der Waals surface area contributed by atoms with Crippen molar-refractivity contribution < 1.29 is 29.4 Å². The second kappa shape index (κ2) is 8.84. The van der Waals surface area contributed by atoms with Crippen LogP contribution in [0.1, 0.15) is 15.4 Å². The second-order valence-electron chi connectivity index (χ2n) is 6.76. The Labute approximate surface area is 192 Å². The van der Waals surface area contributed by atoms with Crippen LogP contribution in [0.2, 0.25) is 0 Å². The number of carbonyl (C=O) groups is 4. The molecule has 0 radical (unpaired) electrons. The fourth-order valence-electron chi connectivity index (χ4n) is 3.27. The van der Waals surface area contributed by atoms with Crippen LogP contribution in [0.15, 0.2) is 27.7 Å². The largest absolute Gasteiger partial charge is 0.507 e. The Morgan fingerprint density at radius 1 is 1.41 bits per heavy atom. The van der Waals surface area contributed by atoms with Crippen LogP contribution in [-0.2, 0) is 20.8 Å². The molecule has 6 N–H and O–H groups in total. The van der Waals surface area contributed by atoms with Gasteiger partial charge in [0.2, 0.25) is 5.91 Å². The Hall–Kier alpha value is -3.04. The SMILES string of the molecule is NC(=O)c1nn[nH]c1SCC1=C(C(=O)O)N2C(=O)C(NC(=O)Cc3sccc3O)[C@H]2SC1. The number of β-lactam (4-membered cyclic amide) rings is 1. The molecular formula is C17H16N6O6S3. The van der Waals surface area contributed by atoms with Crippen LogP contribution in [0.3, 0.4) is 0 Å². The zero-order valence-electron chi connectivity index (χ0n) is 16.1. The zero-order valence-corrected chi connectivity index (χ0v) is 18.6. The number of rotatable bonds is 8. The predicted octanol–water partition coefficient (Wildman–Crippen LogP) is -0.256. The summed E-state index contributed by atoms with van der Waals surface area (Å²) in [4.78, 5) is 49.9. The van der Waals surface area contributed by atoms with Gasteiger partial charge < -0.3 is 21.3 Å². The average Bonchev–Trinajstić information content (AvgIpc) is 3.38. The Kier molecular flexibility index (Phi) is 6.12. The number of aromatic nitrogens is 3. The average molecular weight is 497 g/mol. The molecule has 0 spiro atoms. The Bertz CT molecular complexity index is 1140. The van der Waals surface area contributed by atoms with Crippen molar-refractivity contribution in [3.05, 3.63) is 33.3 Å². The van der Waals surface area contributed by atoms with Gasteiger partial charge in [-0.15, -0.1) is 28.2 Å². The van der Waals surface area contributed by atoms with E-state index in [-0.39, 0.29) is 29.3 Å². The highest BCUT2D eigenvalue weighted by Crippen LogP contribution is 2.41. The minimum atomic E-state index is -1.26. The number of thioether (sulfide) groups is 2. The van der Waals surface area contributed by atoms with Gasteiger partial charge in [0.25, 0.3) is 11.8 Å². The van der Waals surface area contributed by atoms with Gasteiger partial charge in [0.1, 0.15) is 27.9 Å². The van der Waals surface area contributed by atoms with Gasteiger partial charge in [-0.05, 0) is 17.0 Å². The summed E-state index contributed by atoms with van der Waals surface area (Å²) in [7, 11) is 0. The molecule has 1 unspecified atom stereocenters. The van der Waals surface area contributed by atoms with Crippen LogP contribution >= 0.6 is 34.9 Å². The standard InChI is InChI=1S/C17H16N6O6S3/c18-13(26)10-14(21-22-20-10)31-4-6-5-32-16-11(15(27)23(16)12(6)17(28)29)19-9(25)3-8-7(24)1-2-30-8/h1-2,11,16,24H,3-5H2,(H2,18,26)(H,19,25)(H,28,29)(H,20,21,22)/t11?,16-/m1/s1. The number of aromatic hydroxyl groups is 1. The molecule has 0 aromatic carbocycles. The smallest absolute Gasteiger partial charge is 0.352 e. The van der Waals surface area contributed by atoms with E-state index in [1.54, 1.807) is 5.38 Å². The molecule has 4 heterocycles. The summed E-state index contributed by atoms with van der Waals surface area (Å²) in [5.41, 5.74) is 5.53. The van der Waals surface area contributed by atoms with Gasteiger partial charge >= 0.3 is 5.97 Å². The highest BCUT2D eigenvalue weighted by molar-refractivity contribution is 8.01. The first-order valence-corrected chi connectivity index (χ1v) is 12.0. The van der Waals surface area contributed by atoms with Crippen LogP contribution in [0.4, 0.5) is 0 Å². The van der Waals surface area contributed by atoms with Gasteiger partial charge in [-0.1, -0.05) is 17.0 Å². The number of amides is 3. The zero-order chi connectivity index (χ0) is 23.0. The third-order valence-electron chi connectivity index (χ3n) is 4.75. The number of aliphatic carboxylic acids is 1. The Morgan fingerprint density at radius 3 is 2.84 bits per heavy atom. The molecule has 2 aliphatic heterocycles.